The monoisotopic (exact) mass is 410 g/mol. The topological polar surface area (TPSA) is 55.1 Å². The summed E-state index contributed by atoms with van der Waals surface area (Å²) in [7, 11) is 0. The van der Waals surface area contributed by atoms with Crippen molar-refractivity contribution in [2.75, 3.05) is 5.32 Å². The minimum atomic E-state index is -0.339. The molecule has 1 heterocycles. The van der Waals surface area contributed by atoms with Gasteiger partial charge in [-0.1, -0.05) is 29.3 Å². The van der Waals surface area contributed by atoms with Crippen LogP contribution in [0.5, 0.6) is 0 Å². The molecule has 1 N–H and O–H groups in total. The summed E-state index contributed by atoms with van der Waals surface area (Å²) >= 11 is 12.1. The number of aryl methyl sites for hydroxylation is 2. The van der Waals surface area contributed by atoms with Gasteiger partial charge in [0, 0.05) is 16.3 Å². The van der Waals surface area contributed by atoms with Gasteiger partial charge in [0.05, 0.1) is 10.6 Å². The zero-order valence-electron chi connectivity index (χ0n) is 15.2. The lowest BCUT2D eigenvalue weighted by Gasteiger charge is -2.08. The molecule has 0 atom stereocenters. The number of hydrogen-bond acceptors (Lipinski definition) is 3. The van der Waals surface area contributed by atoms with Crippen LogP contribution in [0.15, 0.2) is 59.0 Å². The SMILES string of the molecule is Cc1cc2nc(-c3cccc(NC(=O)c4cc(Cl)ccc4Cl)c3)oc2cc1C. The third-order valence-corrected chi connectivity index (χ3v) is 5.11. The molecule has 6 heteroatoms. The van der Waals surface area contributed by atoms with Gasteiger partial charge in [-0.05, 0) is 73.5 Å². The van der Waals surface area contributed by atoms with Crippen LogP contribution in [0.25, 0.3) is 22.6 Å². The van der Waals surface area contributed by atoms with E-state index in [1.165, 1.54) is 6.07 Å². The van der Waals surface area contributed by atoms with Crippen molar-refractivity contribution in [3.63, 3.8) is 0 Å². The Labute approximate surface area is 172 Å². The maximum atomic E-state index is 12.6. The molecule has 0 aliphatic carbocycles. The lowest BCUT2D eigenvalue weighted by Crippen LogP contribution is -2.12. The number of hydrogen-bond donors (Lipinski definition) is 1. The fraction of sp³-hybridized carbons (Fsp3) is 0.0909. The van der Waals surface area contributed by atoms with Crippen LogP contribution in [-0.4, -0.2) is 10.9 Å². The first-order valence-electron chi connectivity index (χ1n) is 8.65. The van der Waals surface area contributed by atoms with E-state index in [2.05, 4.69) is 10.3 Å². The first-order chi connectivity index (χ1) is 13.4. The third-order valence-electron chi connectivity index (χ3n) is 4.54. The highest BCUT2D eigenvalue weighted by atomic mass is 35.5. The molecule has 28 heavy (non-hydrogen) atoms. The number of halogens is 2. The van der Waals surface area contributed by atoms with Crippen molar-refractivity contribution in [1.29, 1.82) is 0 Å². The van der Waals surface area contributed by atoms with Crippen molar-refractivity contribution in [3.05, 3.63) is 81.3 Å². The molecule has 0 bridgehead atoms. The minimum absolute atomic E-state index is 0.312. The molecule has 0 aliphatic heterocycles. The summed E-state index contributed by atoms with van der Waals surface area (Å²) in [4.78, 5) is 17.1. The van der Waals surface area contributed by atoms with Gasteiger partial charge in [-0.15, -0.1) is 0 Å². The standard InChI is InChI=1S/C22H16Cl2N2O2/c1-12-8-19-20(9-13(12)2)28-22(26-19)14-4-3-5-16(10-14)25-21(27)17-11-15(23)6-7-18(17)24/h3-11H,1-2H3,(H,25,27). The average Bonchev–Trinajstić information content (AvgIpc) is 3.07. The average molecular weight is 411 g/mol. The van der Waals surface area contributed by atoms with E-state index < -0.39 is 0 Å². The van der Waals surface area contributed by atoms with Gasteiger partial charge in [-0.3, -0.25) is 4.79 Å². The molecule has 0 saturated carbocycles. The van der Waals surface area contributed by atoms with Crippen molar-refractivity contribution < 1.29 is 9.21 Å². The summed E-state index contributed by atoms with van der Waals surface area (Å²) in [6.45, 7) is 4.08. The van der Waals surface area contributed by atoms with Crippen molar-refractivity contribution in [1.82, 2.24) is 4.98 Å². The van der Waals surface area contributed by atoms with Gasteiger partial charge in [-0.25, -0.2) is 4.98 Å². The van der Waals surface area contributed by atoms with Gasteiger partial charge >= 0.3 is 0 Å². The number of carbonyl (C=O) groups is 1. The van der Waals surface area contributed by atoms with Crippen molar-refractivity contribution in [2.24, 2.45) is 0 Å². The largest absolute Gasteiger partial charge is 0.436 e. The van der Waals surface area contributed by atoms with Gasteiger partial charge < -0.3 is 9.73 Å². The summed E-state index contributed by atoms with van der Waals surface area (Å²) < 4.78 is 5.91. The number of carbonyl (C=O) groups excluding carboxylic acids is 1. The molecule has 0 fully saturated rings. The Kier molecular flexibility index (Phi) is 4.84. The number of anilines is 1. The molecule has 3 aromatic carbocycles. The molecule has 140 valence electrons. The third kappa shape index (κ3) is 3.61. The molecule has 0 saturated heterocycles. The number of nitrogens with zero attached hydrogens (tertiary/aromatic N) is 1. The highest BCUT2D eigenvalue weighted by Crippen LogP contribution is 2.28. The number of aromatic nitrogens is 1. The predicted octanol–water partition coefficient (Wildman–Crippen LogP) is 6.67. The van der Waals surface area contributed by atoms with Crippen LogP contribution in [0.4, 0.5) is 5.69 Å². The van der Waals surface area contributed by atoms with Crippen LogP contribution in [-0.2, 0) is 0 Å². The van der Waals surface area contributed by atoms with Crippen LogP contribution in [0.1, 0.15) is 21.5 Å². The Morgan fingerprint density at radius 2 is 1.79 bits per heavy atom. The number of benzene rings is 3. The van der Waals surface area contributed by atoms with Gasteiger partial charge in [0.2, 0.25) is 5.89 Å². The fourth-order valence-corrected chi connectivity index (χ4v) is 3.28. The van der Waals surface area contributed by atoms with E-state index in [0.29, 0.717) is 27.2 Å². The zero-order valence-corrected chi connectivity index (χ0v) is 16.7. The van der Waals surface area contributed by atoms with Crippen LogP contribution >= 0.6 is 23.2 Å². The van der Waals surface area contributed by atoms with Crippen LogP contribution in [0, 0.1) is 13.8 Å². The lowest BCUT2D eigenvalue weighted by molar-refractivity contribution is 0.102. The molecule has 4 aromatic rings. The second-order valence-corrected chi connectivity index (χ2v) is 7.43. The number of oxazole rings is 1. The van der Waals surface area contributed by atoms with E-state index in [4.69, 9.17) is 27.6 Å². The van der Waals surface area contributed by atoms with Gasteiger partial charge in [0.15, 0.2) is 5.58 Å². The fourth-order valence-electron chi connectivity index (χ4n) is 2.90. The quantitative estimate of drug-likeness (QED) is 0.410. The second-order valence-electron chi connectivity index (χ2n) is 6.58. The Balaban J connectivity index is 1.64. The van der Waals surface area contributed by atoms with E-state index in [0.717, 1.165) is 27.8 Å². The highest BCUT2D eigenvalue weighted by molar-refractivity contribution is 6.36. The molecule has 4 nitrogen and oxygen atoms in total. The number of nitrogens with one attached hydrogen (secondary N) is 1. The minimum Gasteiger partial charge on any atom is -0.436 e. The Morgan fingerprint density at radius 3 is 2.61 bits per heavy atom. The molecule has 0 unspecified atom stereocenters. The van der Waals surface area contributed by atoms with E-state index in [1.54, 1.807) is 24.3 Å². The van der Waals surface area contributed by atoms with Crippen LogP contribution < -0.4 is 5.32 Å². The van der Waals surface area contributed by atoms with Crippen LogP contribution in [0.3, 0.4) is 0 Å². The zero-order chi connectivity index (χ0) is 19.8. The van der Waals surface area contributed by atoms with E-state index in [9.17, 15) is 4.79 Å². The second kappa shape index (κ2) is 7.30. The van der Waals surface area contributed by atoms with Gasteiger partial charge in [0.25, 0.3) is 5.91 Å². The molecule has 0 radical (unpaired) electrons. The molecular weight excluding hydrogens is 395 g/mol. The molecule has 4 rings (SSSR count). The number of amides is 1. The first kappa shape index (κ1) is 18.5. The Morgan fingerprint density at radius 1 is 1.00 bits per heavy atom. The van der Waals surface area contributed by atoms with Gasteiger partial charge in [0.1, 0.15) is 5.52 Å². The molecule has 0 aliphatic rings. The molecule has 1 aromatic heterocycles. The molecular formula is C22H16Cl2N2O2. The van der Waals surface area contributed by atoms with E-state index in [1.807, 2.05) is 38.1 Å². The smallest absolute Gasteiger partial charge is 0.257 e. The highest BCUT2D eigenvalue weighted by Gasteiger charge is 2.14. The summed E-state index contributed by atoms with van der Waals surface area (Å²) in [5.41, 5.74) is 5.53. The summed E-state index contributed by atoms with van der Waals surface area (Å²) in [5.74, 6) is 0.158. The Bertz CT molecular complexity index is 1180. The van der Waals surface area contributed by atoms with Crippen molar-refractivity contribution in [3.8, 4) is 11.5 Å². The number of fused-ring (bicyclic) bond motifs is 1. The Hall–Kier alpha value is -2.82. The lowest BCUT2D eigenvalue weighted by atomic mass is 10.1. The number of rotatable bonds is 3. The van der Waals surface area contributed by atoms with Crippen molar-refractivity contribution in [2.45, 2.75) is 13.8 Å². The predicted molar refractivity (Wildman–Crippen MR) is 113 cm³/mol. The van der Waals surface area contributed by atoms with E-state index >= 15 is 0 Å². The summed E-state index contributed by atoms with van der Waals surface area (Å²) in [5, 5.41) is 3.62. The maximum Gasteiger partial charge on any atom is 0.257 e. The summed E-state index contributed by atoms with van der Waals surface area (Å²) in [6, 6.07) is 16.1. The van der Waals surface area contributed by atoms with Crippen molar-refractivity contribution >= 4 is 45.9 Å². The maximum absolute atomic E-state index is 12.6. The van der Waals surface area contributed by atoms with Crippen LogP contribution in [0.2, 0.25) is 10.0 Å². The summed E-state index contributed by atoms with van der Waals surface area (Å²) in [6.07, 6.45) is 0. The first-order valence-corrected chi connectivity index (χ1v) is 9.41. The normalized spacial score (nSPS) is 11.0. The van der Waals surface area contributed by atoms with Gasteiger partial charge in [-0.2, -0.15) is 0 Å². The molecule has 0 spiro atoms. The molecule has 1 amide bonds. The van der Waals surface area contributed by atoms with E-state index in [-0.39, 0.29) is 5.91 Å².